The molecule has 3 rings (SSSR count). The summed E-state index contributed by atoms with van der Waals surface area (Å²) < 4.78 is 23.0. The van der Waals surface area contributed by atoms with Crippen molar-refractivity contribution >= 4 is 24.6 Å². The van der Waals surface area contributed by atoms with Crippen molar-refractivity contribution in [2.24, 2.45) is 5.92 Å². The smallest absolute Gasteiger partial charge is 0.463 e. The molecule has 0 unspecified atom stereocenters. The summed E-state index contributed by atoms with van der Waals surface area (Å²) in [6.45, 7) is 16.5. The summed E-state index contributed by atoms with van der Waals surface area (Å²) in [4.78, 5) is 34.9. The van der Waals surface area contributed by atoms with Crippen molar-refractivity contribution in [1.82, 2.24) is 20.2 Å². The zero-order valence-corrected chi connectivity index (χ0v) is 21.5. The second kappa shape index (κ2) is 9.69. The van der Waals surface area contributed by atoms with Gasteiger partial charge in [-0.25, -0.2) is 14.8 Å². The first-order valence-electron chi connectivity index (χ1n) is 11.8. The van der Waals surface area contributed by atoms with E-state index in [0.717, 1.165) is 11.9 Å². The van der Waals surface area contributed by atoms with Crippen molar-refractivity contribution in [2.75, 3.05) is 19.7 Å². The van der Waals surface area contributed by atoms with E-state index in [1.165, 1.54) is 0 Å². The van der Waals surface area contributed by atoms with Crippen LogP contribution in [0, 0.1) is 5.92 Å². The number of rotatable bonds is 6. The zero-order chi connectivity index (χ0) is 25.3. The Balaban J connectivity index is 1.45. The molecule has 0 saturated carbocycles. The molecule has 2 saturated heterocycles. The van der Waals surface area contributed by atoms with Crippen LogP contribution >= 0.6 is 0 Å². The van der Waals surface area contributed by atoms with Gasteiger partial charge >= 0.3 is 19.2 Å². The summed E-state index contributed by atoms with van der Waals surface area (Å²) in [6.07, 6.45) is 3.50. The highest BCUT2D eigenvalue weighted by Crippen LogP contribution is 2.36. The van der Waals surface area contributed by atoms with E-state index in [2.05, 4.69) is 15.3 Å². The molecule has 10 nitrogen and oxygen atoms in total. The number of hydrogen-bond donors (Lipinski definition) is 1. The molecule has 34 heavy (non-hydrogen) atoms. The van der Waals surface area contributed by atoms with Gasteiger partial charge in [0.15, 0.2) is 0 Å². The summed E-state index contributed by atoms with van der Waals surface area (Å²) in [7, 11) is -0.523. The Morgan fingerprint density at radius 2 is 1.79 bits per heavy atom. The lowest BCUT2D eigenvalue weighted by molar-refractivity contribution is -0.132. The molecule has 1 N–H and O–H groups in total. The maximum absolute atomic E-state index is 12.7. The molecular formula is C23H37BN4O6. The van der Waals surface area contributed by atoms with Crippen LogP contribution in [0.15, 0.2) is 12.4 Å². The van der Waals surface area contributed by atoms with Gasteiger partial charge in [-0.1, -0.05) is 0 Å². The predicted octanol–water partition coefficient (Wildman–Crippen LogP) is 1.92. The number of alkyl carbamates (subject to hydrolysis) is 1. The molecule has 2 atom stereocenters. The number of carbonyl (C=O) groups excluding carboxylic acids is 2. The van der Waals surface area contributed by atoms with Crippen molar-refractivity contribution in [1.29, 1.82) is 0 Å². The van der Waals surface area contributed by atoms with E-state index in [1.54, 1.807) is 45.0 Å². The molecule has 3 heterocycles. The van der Waals surface area contributed by atoms with Gasteiger partial charge in [-0.05, 0) is 61.8 Å². The van der Waals surface area contributed by atoms with E-state index >= 15 is 0 Å². The monoisotopic (exact) mass is 476 g/mol. The zero-order valence-electron chi connectivity index (χ0n) is 21.5. The minimum absolute atomic E-state index is 0.142. The molecule has 2 amide bonds. The molecule has 2 aliphatic rings. The molecule has 2 aliphatic heterocycles. The first-order valence-corrected chi connectivity index (χ1v) is 11.8. The van der Waals surface area contributed by atoms with Crippen LogP contribution in [0.1, 0.15) is 61.8 Å². The highest BCUT2D eigenvalue weighted by Gasteiger charge is 2.52. The van der Waals surface area contributed by atoms with Crippen molar-refractivity contribution in [3.63, 3.8) is 0 Å². The average Bonchev–Trinajstić information content (AvgIpc) is 3.26. The van der Waals surface area contributed by atoms with Crippen LogP contribution < -0.4 is 15.5 Å². The van der Waals surface area contributed by atoms with Crippen LogP contribution in [0.2, 0.25) is 0 Å². The van der Waals surface area contributed by atoms with Crippen LogP contribution in [0.5, 0.6) is 6.01 Å². The Morgan fingerprint density at radius 1 is 1.21 bits per heavy atom. The average molecular weight is 476 g/mol. The first kappa shape index (κ1) is 26.2. The second-order valence-electron chi connectivity index (χ2n) is 11.0. The van der Waals surface area contributed by atoms with Gasteiger partial charge in [-0.2, -0.15) is 0 Å². The SMILES string of the molecule is C[C@@H](NC(=O)OC(C)(C)C)C(=O)N1CC[C@@H](COc2ncc(B3OC(C)(C)C(C)(C)O3)cn2)C1. The summed E-state index contributed by atoms with van der Waals surface area (Å²) in [5.41, 5.74) is -0.750. The minimum Gasteiger partial charge on any atom is -0.463 e. The molecule has 188 valence electrons. The molecule has 0 radical (unpaired) electrons. The fraction of sp³-hybridized carbons (Fsp3) is 0.739. The number of nitrogens with zero attached hydrogens (tertiary/aromatic N) is 3. The normalized spacial score (nSPS) is 22.4. The molecule has 1 aromatic heterocycles. The van der Waals surface area contributed by atoms with E-state index in [9.17, 15) is 9.59 Å². The topological polar surface area (TPSA) is 112 Å². The number of nitrogens with one attached hydrogen (secondary N) is 1. The fourth-order valence-electron chi connectivity index (χ4n) is 3.68. The van der Waals surface area contributed by atoms with E-state index in [-0.39, 0.29) is 17.8 Å². The molecule has 2 fully saturated rings. The Hall–Kier alpha value is -2.40. The maximum Gasteiger partial charge on any atom is 0.498 e. The Bertz CT molecular complexity index is 870. The van der Waals surface area contributed by atoms with E-state index in [0.29, 0.717) is 19.7 Å². The van der Waals surface area contributed by atoms with Gasteiger partial charge in [-0.15, -0.1) is 0 Å². The Kier molecular flexibility index (Phi) is 7.47. The third-order valence-electron chi connectivity index (χ3n) is 6.32. The van der Waals surface area contributed by atoms with Gasteiger partial charge in [0.05, 0.1) is 17.8 Å². The van der Waals surface area contributed by atoms with Gasteiger partial charge in [0, 0.05) is 36.9 Å². The van der Waals surface area contributed by atoms with Crippen molar-refractivity contribution < 1.29 is 28.4 Å². The standard InChI is InChI=1S/C23H37BN4O6/c1-15(27-20(30)32-21(2,3)4)18(29)28-10-9-16(13-28)14-31-19-25-11-17(12-26-19)24-33-22(5,6)23(7,8)34-24/h11-12,15-16H,9-10,13-14H2,1-8H3,(H,27,30)/t15-,16-/m1/s1. The van der Waals surface area contributed by atoms with Gasteiger partial charge in [0.2, 0.25) is 5.91 Å². The van der Waals surface area contributed by atoms with E-state index in [4.69, 9.17) is 18.8 Å². The lowest BCUT2D eigenvalue weighted by Crippen LogP contribution is -2.47. The van der Waals surface area contributed by atoms with Gasteiger partial charge in [-0.3, -0.25) is 4.79 Å². The van der Waals surface area contributed by atoms with Crippen molar-refractivity contribution in [2.45, 2.75) is 84.7 Å². The van der Waals surface area contributed by atoms with Crippen LogP contribution in [0.3, 0.4) is 0 Å². The molecular weight excluding hydrogens is 439 g/mol. The lowest BCUT2D eigenvalue weighted by atomic mass is 9.81. The number of likely N-dealkylation sites (tertiary alicyclic amines) is 1. The summed E-state index contributed by atoms with van der Waals surface area (Å²) in [5.74, 6) is 0.0143. The summed E-state index contributed by atoms with van der Waals surface area (Å²) in [6, 6.07) is -0.398. The van der Waals surface area contributed by atoms with Crippen LogP contribution in [-0.4, -0.2) is 76.5 Å². The number of carbonyl (C=O) groups is 2. The molecule has 11 heteroatoms. The number of aromatic nitrogens is 2. The van der Waals surface area contributed by atoms with Gasteiger partial charge in [0.25, 0.3) is 0 Å². The first-order chi connectivity index (χ1) is 15.7. The Morgan fingerprint density at radius 3 is 2.35 bits per heavy atom. The largest absolute Gasteiger partial charge is 0.498 e. The summed E-state index contributed by atoms with van der Waals surface area (Å²) in [5, 5.41) is 2.60. The molecule has 0 aliphatic carbocycles. The molecule has 0 bridgehead atoms. The molecule has 0 aromatic carbocycles. The van der Waals surface area contributed by atoms with Gasteiger partial charge in [0.1, 0.15) is 11.6 Å². The van der Waals surface area contributed by atoms with Crippen LogP contribution in [-0.2, 0) is 18.8 Å². The third kappa shape index (κ3) is 6.38. The predicted molar refractivity (Wildman–Crippen MR) is 127 cm³/mol. The van der Waals surface area contributed by atoms with E-state index in [1.807, 2.05) is 27.7 Å². The quantitative estimate of drug-likeness (QED) is 0.620. The van der Waals surface area contributed by atoms with Crippen LogP contribution in [0.4, 0.5) is 4.79 Å². The highest BCUT2D eigenvalue weighted by atomic mass is 16.7. The Labute approximate surface area is 202 Å². The number of amides is 2. The lowest BCUT2D eigenvalue weighted by Gasteiger charge is -2.32. The fourth-order valence-corrected chi connectivity index (χ4v) is 3.68. The minimum atomic E-state index is -0.666. The summed E-state index contributed by atoms with van der Waals surface area (Å²) >= 11 is 0. The second-order valence-corrected chi connectivity index (χ2v) is 11.0. The van der Waals surface area contributed by atoms with Crippen LogP contribution in [0.25, 0.3) is 0 Å². The third-order valence-corrected chi connectivity index (χ3v) is 6.32. The van der Waals surface area contributed by atoms with E-state index < -0.39 is 36.1 Å². The molecule has 1 aromatic rings. The molecule has 0 spiro atoms. The number of hydrogen-bond acceptors (Lipinski definition) is 8. The highest BCUT2D eigenvalue weighted by molar-refractivity contribution is 6.61. The van der Waals surface area contributed by atoms with Gasteiger partial charge < -0.3 is 29.0 Å². The maximum atomic E-state index is 12.7. The van der Waals surface area contributed by atoms with Crippen molar-refractivity contribution in [3.8, 4) is 6.01 Å². The van der Waals surface area contributed by atoms with Crippen molar-refractivity contribution in [3.05, 3.63) is 12.4 Å². The number of ether oxygens (including phenoxy) is 2.